The number of aryl methyl sites for hydroxylation is 1. The first-order valence-corrected chi connectivity index (χ1v) is 18.2. The van der Waals surface area contributed by atoms with Crippen molar-refractivity contribution in [2.45, 2.75) is 63.8 Å². The molecule has 1 aliphatic carbocycles. The zero-order chi connectivity index (χ0) is 37.5. The van der Waals surface area contributed by atoms with E-state index in [0.29, 0.717) is 44.8 Å². The number of aliphatic hydroxyl groups is 1. The molecule has 2 N–H and O–H groups in total. The van der Waals surface area contributed by atoms with Crippen LogP contribution in [0.5, 0.6) is 0 Å². The molecule has 0 amide bonds. The highest BCUT2D eigenvalue weighted by Gasteiger charge is 2.49. The van der Waals surface area contributed by atoms with Crippen LogP contribution in [-0.4, -0.2) is 41.8 Å². The fourth-order valence-electron chi connectivity index (χ4n) is 8.71. The zero-order valence-corrected chi connectivity index (χ0v) is 30.0. The minimum Gasteiger partial charge on any atom is -0.384 e. The molecule has 2 bridgehead atoms. The molecule has 3 aromatic carbocycles. The van der Waals surface area contributed by atoms with Gasteiger partial charge in [-0.1, -0.05) is 24.3 Å². The van der Waals surface area contributed by atoms with Crippen LogP contribution >= 0.6 is 0 Å². The van der Waals surface area contributed by atoms with E-state index in [2.05, 4.69) is 32.0 Å². The van der Waals surface area contributed by atoms with E-state index in [0.717, 1.165) is 34.9 Å². The van der Waals surface area contributed by atoms with Crippen molar-refractivity contribution in [3.05, 3.63) is 124 Å². The Labute approximate surface area is 309 Å². The Bertz CT molecular complexity index is 2730. The molecule has 4 atom stereocenters. The monoisotopic (exact) mass is 721 g/mol. The molecule has 0 spiro atoms. The first-order chi connectivity index (χ1) is 26.0. The maximum absolute atomic E-state index is 17.8. The van der Waals surface area contributed by atoms with Crippen molar-refractivity contribution in [1.29, 1.82) is 5.26 Å². The molecule has 4 aromatic heterocycles. The van der Waals surface area contributed by atoms with Crippen LogP contribution in [0.25, 0.3) is 55.0 Å². The number of nitriles is 1. The van der Waals surface area contributed by atoms with Crippen LogP contribution < -0.4 is 10.9 Å². The van der Waals surface area contributed by atoms with Crippen LogP contribution in [0.15, 0.2) is 90.2 Å². The third-order valence-corrected chi connectivity index (χ3v) is 11.4. The molecule has 0 unspecified atom stereocenters. The molecule has 9 nitrogen and oxygen atoms in total. The van der Waals surface area contributed by atoms with Crippen molar-refractivity contribution in [3.8, 4) is 28.5 Å². The molecule has 7 aromatic rings. The van der Waals surface area contributed by atoms with Crippen molar-refractivity contribution in [2.75, 3.05) is 6.54 Å². The molecule has 2 saturated heterocycles. The predicted molar refractivity (Wildman–Crippen MR) is 204 cm³/mol. The van der Waals surface area contributed by atoms with Crippen LogP contribution in [0, 0.1) is 28.9 Å². The fraction of sp³-hybridized carbons (Fsp3) is 0.279. The first kappa shape index (κ1) is 34.0. The van der Waals surface area contributed by atoms with Gasteiger partial charge in [0.1, 0.15) is 16.9 Å². The summed E-state index contributed by atoms with van der Waals surface area (Å²) in [7, 11) is 0. The van der Waals surface area contributed by atoms with Gasteiger partial charge >= 0.3 is 0 Å². The van der Waals surface area contributed by atoms with E-state index in [-0.39, 0.29) is 41.6 Å². The molecular weight excluding hydrogens is 685 g/mol. The third-order valence-electron chi connectivity index (χ3n) is 11.4. The van der Waals surface area contributed by atoms with Crippen LogP contribution in [-0.2, 0) is 12.0 Å². The van der Waals surface area contributed by atoms with E-state index in [1.807, 2.05) is 31.2 Å². The Balaban J connectivity index is 1.42. The smallest absolute Gasteiger partial charge is 0.269 e. The summed E-state index contributed by atoms with van der Waals surface area (Å²) in [5.41, 5.74) is 3.38. The van der Waals surface area contributed by atoms with Gasteiger partial charge in [0.25, 0.3) is 5.56 Å². The quantitative estimate of drug-likeness (QED) is 0.165. The SMILES string of the molecule is C[C@H](c1cc2c(-c3ccc(C(C)(C)O)nc3)nc3c(F)c(-c4cccc5ccc(F)cc45)c(CCC#N)cc3c2n1[C@H]1[C@H]2CN[C@@H]1C2)n1ccncc1=O. The Kier molecular flexibility index (Phi) is 7.96. The molecule has 3 aliphatic rings. The van der Waals surface area contributed by atoms with Gasteiger partial charge in [-0.25, -0.2) is 13.8 Å². The molecule has 54 heavy (non-hydrogen) atoms. The second kappa shape index (κ2) is 12.6. The third kappa shape index (κ3) is 5.31. The molecule has 11 heteroatoms. The lowest BCUT2D eigenvalue weighted by Gasteiger charge is -2.38. The highest BCUT2D eigenvalue weighted by Crippen LogP contribution is 2.50. The van der Waals surface area contributed by atoms with E-state index >= 15 is 4.39 Å². The summed E-state index contributed by atoms with van der Waals surface area (Å²) < 4.78 is 36.5. The Morgan fingerprint density at radius 3 is 2.63 bits per heavy atom. The Morgan fingerprint density at radius 1 is 1.07 bits per heavy atom. The van der Waals surface area contributed by atoms with E-state index in [4.69, 9.17) is 4.98 Å². The highest BCUT2D eigenvalue weighted by molar-refractivity contribution is 6.12. The second-order valence-electron chi connectivity index (χ2n) is 15.1. The summed E-state index contributed by atoms with van der Waals surface area (Å²) in [6.07, 6.45) is 7.64. The standard InChI is InChI=1S/C43H37F2N7O2/c1-23(51-15-14-47-22-36(51)53)34-19-32-39(26-10-12-35(49-20-26)43(2,3)54)50-40-31(42(32)52(34)41-27-17-33(41)48-21-27)16-25(7-5-13-46)37(38(40)45)29-8-4-6-24-9-11-28(44)18-30(24)29/h4,6,8-12,14-16,18-20,22-23,27,33,41,48,54H,5,7,17,21H2,1-3H3/t23-,27-,33-,41+/m1/s1. The van der Waals surface area contributed by atoms with Gasteiger partial charge in [0.15, 0.2) is 5.82 Å². The Hall–Kier alpha value is -5.83. The van der Waals surface area contributed by atoms with Crippen LogP contribution in [0.3, 0.4) is 0 Å². The topological polar surface area (TPSA) is 122 Å². The van der Waals surface area contributed by atoms with Crippen LogP contribution in [0.4, 0.5) is 8.78 Å². The summed E-state index contributed by atoms with van der Waals surface area (Å²) in [6.45, 7) is 6.15. The lowest BCUT2D eigenvalue weighted by Crippen LogP contribution is -2.40. The maximum Gasteiger partial charge on any atom is 0.269 e. The number of rotatable bonds is 8. The second-order valence-corrected chi connectivity index (χ2v) is 15.1. The van der Waals surface area contributed by atoms with Gasteiger partial charge in [-0.15, -0.1) is 0 Å². The normalized spacial score (nSPS) is 18.6. The van der Waals surface area contributed by atoms with Gasteiger partial charge in [0.05, 0.1) is 41.3 Å². The number of halogens is 2. The van der Waals surface area contributed by atoms with Gasteiger partial charge in [0, 0.05) is 65.2 Å². The molecular formula is C43H37F2N7O2. The molecule has 3 fully saturated rings. The number of fused-ring (bicyclic) bond motifs is 5. The maximum atomic E-state index is 17.8. The number of nitrogens with zero attached hydrogens (tertiary/aromatic N) is 6. The number of hydrogen-bond donors (Lipinski definition) is 2. The molecule has 1 saturated carbocycles. The van der Waals surface area contributed by atoms with Gasteiger partial charge in [-0.3, -0.25) is 14.8 Å². The lowest BCUT2D eigenvalue weighted by atomic mass is 9.79. The van der Waals surface area contributed by atoms with Crippen LogP contribution in [0.1, 0.15) is 62.6 Å². The number of aromatic nitrogens is 5. The van der Waals surface area contributed by atoms with Crippen molar-refractivity contribution >= 4 is 32.6 Å². The van der Waals surface area contributed by atoms with E-state index in [9.17, 15) is 19.6 Å². The number of hydrogen-bond acceptors (Lipinski definition) is 7. The van der Waals surface area contributed by atoms with E-state index in [1.165, 1.54) is 18.3 Å². The van der Waals surface area contributed by atoms with Crippen molar-refractivity contribution in [3.63, 3.8) is 0 Å². The number of nitrogens with one attached hydrogen (secondary N) is 1. The summed E-state index contributed by atoms with van der Waals surface area (Å²) >= 11 is 0. The fourth-order valence-corrected chi connectivity index (χ4v) is 8.71. The predicted octanol–water partition coefficient (Wildman–Crippen LogP) is 7.73. The minimum atomic E-state index is -1.18. The average molecular weight is 722 g/mol. The van der Waals surface area contributed by atoms with Gasteiger partial charge in [0.2, 0.25) is 0 Å². The number of benzene rings is 3. The van der Waals surface area contributed by atoms with Crippen molar-refractivity contribution in [1.82, 2.24) is 29.4 Å². The van der Waals surface area contributed by atoms with Crippen molar-refractivity contribution in [2.24, 2.45) is 5.92 Å². The molecule has 0 radical (unpaired) electrons. The largest absolute Gasteiger partial charge is 0.384 e. The summed E-state index contributed by atoms with van der Waals surface area (Å²) in [6, 6.07) is 19.6. The van der Waals surface area contributed by atoms with Gasteiger partial charge in [-0.2, -0.15) is 5.26 Å². The van der Waals surface area contributed by atoms with Gasteiger partial charge in [-0.05, 0) is 97.8 Å². The Morgan fingerprint density at radius 2 is 1.93 bits per heavy atom. The lowest BCUT2D eigenvalue weighted by molar-refractivity contribution is 0.0739. The summed E-state index contributed by atoms with van der Waals surface area (Å²) in [4.78, 5) is 26.9. The van der Waals surface area contributed by atoms with E-state index < -0.39 is 23.3 Å². The summed E-state index contributed by atoms with van der Waals surface area (Å²) in [5.74, 6) is -0.669. The number of pyridine rings is 2. The molecule has 2 aliphatic heterocycles. The minimum absolute atomic E-state index is 0.0398. The zero-order valence-electron chi connectivity index (χ0n) is 30.0. The molecule has 10 rings (SSSR count). The summed E-state index contributed by atoms with van der Waals surface area (Å²) in [5, 5.41) is 26.7. The highest BCUT2D eigenvalue weighted by atomic mass is 19.1. The van der Waals surface area contributed by atoms with E-state index in [1.54, 1.807) is 55.2 Å². The average Bonchev–Trinajstić information content (AvgIpc) is 3.90. The van der Waals surface area contributed by atoms with Crippen molar-refractivity contribution < 1.29 is 13.9 Å². The van der Waals surface area contributed by atoms with Crippen LogP contribution in [0.2, 0.25) is 0 Å². The first-order valence-electron chi connectivity index (χ1n) is 18.2. The molecule has 270 valence electrons. The van der Waals surface area contributed by atoms with Gasteiger partial charge < -0.3 is 19.6 Å². The molecule has 6 heterocycles.